The van der Waals surface area contributed by atoms with E-state index in [0.717, 1.165) is 5.57 Å². The molecular formula is C27H54O3Si2. The Balaban J connectivity index is 3.18. The van der Waals surface area contributed by atoms with Crippen LogP contribution < -0.4 is 0 Å². The molecule has 5 heteroatoms. The minimum atomic E-state index is -2.00. The first kappa shape index (κ1) is 29.8. The molecule has 1 N–H and O–H groups in total. The molecule has 3 nitrogen and oxygen atoms in total. The lowest BCUT2D eigenvalue weighted by molar-refractivity contribution is 0.0493. The molecule has 0 aliphatic heterocycles. The van der Waals surface area contributed by atoms with E-state index in [9.17, 15) is 5.11 Å². The molecule has 0 bridgehead atoms. The summed E-state index contributed by atoms with van der Waals surface area (Å²) in [6.07, 6.45) is 3.64. The first-order chi connectivity index (χ1) is 14.7. The molecule has 1 rings (SSSR count). The number of hydrogen-bond donors (Lipinski definition) is 1. The van der Waals surface area contributed by atoms with E-state index in [0.29, 0.717) is 46.5 Å². The fraction of sp³-hybridized carbons (Fsp3) is 0.852. The van der Waals surface area contributed by atoms with Crippen LogP contribution in [-0.4, -0.2) is 41.1 Å². The van der Waals surface area contributed by atoms with E-state index in [1.165, 1.54) is 0 Å². The van der Waals surface area contributed by atoms with Crippen molar-refractivity contribution in [3.63, 3.8) is 0 Å². The molecule has 0 spiro atoms. The SMILES string of the molecule is C=C1C=C[C@@H](CO[Si](C(C)C)(C(C)C)C(C)C)[C@@H](CO[Si](C(C)C)(C(C)C)C(C)C)[C@H]1O. The van der Waals surface area contributed by atoms with Gasteiger partial charge in [0, 0.05) is 25.0 Å². The quantitative estimate of drug-likeness (QED) is 0.286. The highest BCUT2D eigenvalue weighted by molar-refractivity contribution is 6.78. The number of rotatable bonds is 12. The summed E-state index contributed by atoms with van der Waals surface area (Å²) in [5, 5.41) is 11.1. The molecular weight excluding hydrogens is 428 g/mol. The molecule has 0 unspecified atom stereocenters. The minimum absolute atomic E-state index is 0.00573. The lowest BCUT2D eigenvalue weighted by Gasteiger charge is -2.46. The van der Waals surface area contributed by atoms with E-state index in [1.54, 1.807) is 0 Å². The van der Waals surface area contributed by atoms with Crippen LogP contribution in [0.15, 0.2) is 24.3 Å². The Bertz CT molecular complexity index is 579. The van der Waals surface area contributed by atoms with Crippen LogP contribution in [0.25, 0.3) is 0 Å². The average molecular weight is 483 g/mol. The molecule has 0 aromatic carbocycles. The highest BCUT2D eigenvalue weighted by Crippen LogP contribution is 2.45. The van der Waals surface area contributed by atoms with E-state index in [4.69, 9.17) is 8.85 Å². The van der Waals surface area contributed by atoms with Crippen molar-refractivity contribution in [1.82, 2.24) is 0 Å². The molecule has 0 aromatic heterocycles. The van der Waals surface area contributed by atoms with E-state index in [-0.39, 0.29) is 11.8 Å². The summed E-state index contributed by atoms with van der Waals surface area (Å²) in [6, 6.07) is 0. The van der Waals surface area contributed by atoms with Crippen LogP contribution in [0.5, 0.6) is 0 Å². The monoisotopic (exact) mass is 482 g/mol. The summed E-state index contributed by atoms with van der Waals surface area (Å²) < 4.78 is 13.9. The van der Waals surface area contributed by atoms with E-state index < -0.39 is 22.7 Å². The zero-order valence-corrected chi connectivity index (χ0v) is 25.2. The zero-order chi connectivity index (χ0) is 25.0. The summed E-state index contributed by atoms with van der Waals surface area (Å²) >= 11 is 0. The van der Waals surface area contributed by atoms with Gasteiger partial charge in [-0.05, 0) is 38.8 Å². The van der Waals surface area contributed by atoms with Crippen LogP contribution in [-0.2, 0) is 8.85 Å². The third kappa shape index (κ3) is 5.88. The van der Waals surface area contributed by atoms with Crippen molar-refractivity contribution >= 4 is 16.6 Å². The Kier molecular flexibility index (Phi) is 11.2. The van der Waals surface area contributed by atoms with Gasteiger partial charge in [-0.2, -0.15) is 0 Å². The van der Waals surface area contributed by atoms with Crippen LogP contribution in [0, 0.1) is 11.8 Å². The predicted molar refractivity (Wildman–Crippen MR) is 145 cm³/mol. The number of aliphatic hydroxyl groups excluding tert-OH is 1. The van der Waals surface area contributed by atoms with Crippen molar-refractivity contribution in [1.29, 1.82) is 0 Å². The topological polar surface area (TPSA) is 38.7 Å². The summed E-state index contributed by atoms with van der Waals surface area (Å²) in [6.45, 7) is 33.2. The maximum Gasteiger partial charge on any atom is 0.200 e. The normalized spacial score (nSPS) is 23.1. The molecule has 32 heavy (non-hydrogen) atoms. The Morgan fingerprint density at radius 3 is 1.41 bits per heavy atom. The van der Waals surface area contributed by atoms with Crippen LogP contribution in [0.3, 0.4) is 0 Å². The fourth-order valence-corrected chi connectivity index (χ4v) is 17.8. The maximum atomic E-state index is 11.1. The fourth-order valence-electron chi connectivity index (χ4n) is 6.87. The van der Waals surface area contributed by atoms with Gasteiger partial charge in [-0.15, -0.1) is 0 Å². The first-order valence-corrected chi connectivity index (χ1v) is 17.3. The summed E-state index contributed by atoms with van der Waals surface area (Å²) in [4.78, 5) is 0. The van der Waals surface area contributed by atoms with Gasteiger partial charge in [0.15, 0.2) is 16.6 Å². The van der Waals surface area contributed by atoms with E-state index >= 15 is 0 Å². The molecule has 0 saturated carbocycles. The molecule has 1 aliphatic rings. The van der Waals surface area contributed by atoms with Gasteiger partial charge in [-0.3, -0.25) is 0 Å². The smallest absolute Gasteiger partial charge is 0.200 e. The minimum Gasteiger partial charge on any atom is -0.416 e. The summed E-state index contributed by atoms with van der Waals surface area (Å²) in [5.41, 5.74) is 4.02. The second-order valence-corrected chi connectivity index (χ2v) is 22.9. The molecule has 0 fully saturated rings. The van der Waals surface area contributed by atoms with Gasteiger partial charge in [-0.1, -0.05) is 102 Å². The van der Waals surface area contributed by atoms with Crippen molar-refractivity contribution in [2.75, 3.05) is 13.2 Å². The van der Waals surface area contributed by atoms with Gasteiger partial charge >= 0.3 is 0 Å². The first-order valence-electron chi connectivity index (χ1n) is 13.0. The lowest BCUT2D eigenvalue weighted by atomic mass is 9.81. The lowest BCUT2D eigenvalue weighted by Crippen LogP contribution is -2.51. The van der Waals surface area contributed by atoms with Gasteiger partial charge in [0.25, 0.3) is 0 Å². The molecule has 3 atom stereocenters. The highest BCUT2D eigenvalue weighted by Gasteiger charge is 2.48. The zero-order valence-electron chi connectivity index (χ0n) is 23.2. The van der Waals surface area contributed by atoms with Crippen LogP contribution >= 0.6 is 0 Å². The average Bonchev–Trinajstić information content (AvgIpc) is 2.65. The standard InChI is InChI=1S/C27H54O3Si2/c1-18(2)31(19(3)4,20(5)6)29-16-25-15-14-24(13)27(28)26(25)17-30-32(21(7)8,22(9)10)23(11)12/h14-15,18-23,25-28H,13,16-17H2,1-12H3/t25-,26+,27-/m0/s1. The van der Waals surface area contributed by atoms with Crippen molar-refractivity contribution in [3.05, 3.63) is 24.3 Å². The van der Waals surface area contributed by atoms with Crippen molar-refractivity contribution in [3.8, 4) is 0 Å². The Labute approximate surface area is 202 Å². The molecule has 188 valence electrons. The molecule has 1 aliphatic carbocycles. The Morgan fingerprint density at radius 1 is 0.719 bits per heavy atom. The Hall–Kier alpha value is -0.206. The van der Waals surface area contributed by atoms with Crippen LogP contribution in [0.2, 0.25) is 33.2 Å². The van der Waals surface area contributed by atoms with Gasteiger partial charge < -0.3 is 14.0 Å². The van der Waals surface area contributed by atoms with E-state index in [1.807, 2.05) is 6.08 Å². The van der Waals surface area contributed by atoms with Crippen molar-refractivity contribution < 1.29 is 14.0 Å². The van der Waals surface area contributed by atoms with Gasteiger partial charge in [0.2, 0.25) is 0 Å². The number of aliphatic hydroxyl groups is 1. The van der Waals surface area contributed by atoms with E-state index in [2.05, 4.69) is 95.7 Å². The summed E-state index contributed by atoms with van der Waals surface area (Å²) in [7, 11) is -3.97. The number of hydrogen-bond acceptors (Lipinski definition) is 3. The van der Waals surface area contributed by atoms with Crippen LogP contribution in [0.4, 0.5) is 0 Å². The molecule has 0 aromatic rings. The van der Waals surface area contributed by atoms with Gasteiger partial charge in [0.1, 0.15) is 0 Å². The molecule has 0 amide bonds. The third-order valence-electron chi connectivity index (χ3n) is 8.36. The second kappa shape index (κ2) is 12.0. The largest absolute Gasteiger partial charge is 0.416 e. The summed E-state index contributed by atoms with van der Waals surface area (Å²) in [5.74, 6) is 0.144. The second-order valence-electron chi connectivity index (χ2n) is 12.0. The maximum absolute atomic E-state index is 11.1. The predicted octanol–water partition coefficient (Wildman–Crippen LogP) is 8.09. The van der Waals surface area contributed by atoms with Gasteiger partial charge in [0.05, 0.1) is 6.10 Å². The highest BCUT2D eigenvalue weighted by atomic mass is 28.4. The van der Waals surface area contributed by atoms with Gasteiger partial charge in [-0.25, -0.2) is 0 Å². The Morgan fingerprint density at radius 2 is 1.06 bits per heavy atom. The molecule has 0 saturated heterocycles. The van der Waals surface area contributed by atoms with Crippen molar-refractivity contribution in [2.45, 2.75) is 122 Å². The van der Waals surface area contributed by atoms with Crippen molar-refractivity contribution in [2.24, 2.45) is 11.8 Å². The molecule has 0 radical (unpaired) electrons. The third-order valence-corrected chi connectivity index (χ3v) is 20.5. The van der Waals surface area contributed by atoms with Crippen LogP contribution in [0.1, 0.15) is 83.1 Å². The molecule has 0 heterocycles.